The van der Waals surface area contributed by atoms with Gasteiger partial charge in [0.1, 0.15) is 5.75 Å². The Bertz CT molecular complexity index is 588. The first-order chi connectivity index (χ1) is 9.69. The van der Waals surface area contributed by atoms with Crippen molar-refractivity contribution in [2.45, 2.75) is 32.2 Å². The average molecular weight is 272 g/mol. The molecule has 0 saturated heterocycles. The number of fused-ring (bicyclic) bond motifs is 1. The van der Waals surface area contributed by atoms with Gasteiger partial charge in [0, 0.05) is 12.5 Å². The fourth-order valence-corrected chi connectivity index (χ4v) is 2.50. The lowest BCUT2D eigenvalue weighted by molar-refractivity contribution is 0.413. The number of rotatable bonds is 3. The van der Waals surface area contributed by atoms with E-state index in [1.807, 2.05) is 16.8 Å². The monoisotopic (exact) mass is 272 g/mol. The summed E-state index contributed by atoms with van der Waals surface area (Å²) in [4.78, 5) is 4.58. The van der Waals surface area contributed by atoms with Crippen LogP contribution in [0, 0.1) is 0 Å². The zero-order valence-corrected chi connectivity index (χ0v) is 12.1. The number of aromatic nitrogens is 3. The van der Waals surface area contributed by atoms with E-state index < -0.39 is 0 Å². The van der Waals surface area contributed by atoms with Gasteiger partial charge in [-0.1, -0.05) is 26.0 Å². The smallest absolute Gasteiger partial charge is 0.221 e. The maximum Gasteiger partial charge on any atom is 0.221 e. The van der Waals surface area contributed by atoms with Gasteiger partial charge in [0.25, 0.3) is 0 Å². The van der Waals surface area contributed by atoms with Crippen LogP contribution in [0.3, 0.4) is 0 Å². The summed E-state index contributed by atoms with van der Waals surface area (Å²) in [5.41, 5.74) is 1.24. The first kappa shape index (κ1) is 13.0. The molecule has 20 heavy (non-hydrogen) atoms. The highest BCUT2D eigenvalue weighted by Gasteiger charge is 2.25. The molecule has 0 saturated carbocycles. The fraction of sp³-hybridized carbons (Fsp3) is 0.467. The predicted molar refractivity (Wildman–Crippen MR) is 78.4 cm³/mol. The zero-order chi connectivity index (χ0) is 14.1. The number of anilines is 1. The molecule has 106 valence electrons. The van der Waals surface area contributed by atoms with E-state index in [1.165, 1.54) is 5.56 Å². The number of hydrogen-bond acceptors (Lipinski definition) is 4. The van der Waals surface area contributed by atoms with Gasteiger partial charge >= 0.3 is 0 Å². The molecule has 1 aromatic carbocycles. The standard InChI is InChI=1S/C15H20N4O/c1-10(2)14-17-15-16-9-8-13(19(15)18-14)11-4-6-12(20-3)7-5-11/h4-7,10,13H,8-9H2,1-3H3,(H,16,17,18). The van der Waals surface area contributed by atoms with Crippen molar-refractivity contribution in [1.82, 2.24) is 14.8 Å². The second-order valence-corrected chi connectivity index (χ2v) is 5.40. The van der Waals surface area contributed by atoms with Crippen LogP contribution < -0.4 is 10.1 Å². The molecular weight excluding hydrogens is 252 g/mol. The highest BCUT2D eigenvalue weighted by Crippen LogP contribution is 2.30. The molecule has 1 aromatic heterocycles. The number of nitrogens with one attached hydrogen (secondary N) is 1. The van der Waals surface area contributed by atoms with Crippen LogP contribution in [0.15, 0.2) is 24.3 Å². The molecule has 0 aliphatic carbocycles. The Hall–Kier alpha value is -2.04. The van der Waals surface area contributed by atoms with Gasteiger partial charge in [-0.2, -0.15) is 10.1 Å². The molecule has 5 heteroatoms. The summed E-state index contributed by atoms with van der Waals surface area (Å²) in [5, 5.41) is 7.99. The van der Waals surface area contributed by atoms with E-state index in [0.29, 0.717) is 5.92 Å². The Kier molecular flexibility index (Phi) is 3.34. The molecule has 2 heterocycles. The molecule has 1 atom stereocenters. The van der Waals surface area contributed by atoms with Crippen LogP contribution in [0.4, 0.5) is 5.95 Å². The van der Waals surface area contributed by atoms with Crippen LogP contribution in [0.2, 0.25) is 0 Å². The average Bonchev–Trinajstić information content (AvgIpc) is 2.91. The molecule has 0 fully saturated rings. The van der Waals surface area contributed by atoms with Crippen molar-refractivity contribution in [3.05, 3.63) is 35.7 Å². The molecule has 0 spiro atoms. The van der Waals surface area contributed by atoms with Gasteiger partial charge < -0.3 is 10.1 Å². The van der Waals surface area contributed by atoms with Gasteiger partial charge in [0.2, 0.25) is 5.95 Å². The van der Waals surface area contributed by atoms with E-state index in [9.17, 15) is 0 Å². The summed E-state index contributed by atoms with van der Waals surface area (Å²) < 4.78 is 7.23. The summed E-state index contributed by atoms with van der Waals surface area (Å²) in [5.74, 6) is 2.99. The molecule has 1 aliphatic rings. The summed E-state index contributed by atoms with van der Waals surface area (Å²) in [7, 11) is 1.68. The zero-order valence-electron chi connectivity index (χ0n) is 12.1. The molecule has 0 bridgehead atoms. The molecule has 2 aromatic rings. The first-order valence-electron chi connectivity index (χ1n) is 7.03. The van der Waals surface area contributed by atoms with E-state index >= 15 is 0 Å². The molecule has 0 radical (unpaired) electrons. The van der Waals surface area contributed by atoms with Gasteiger partial charge in [-0.05, 0) is 24.1 Å². The van der Waals surface area contributed by atoms with Crippen molar-refractivity contribution in [3.8, 4) is 5.75 Å². The molecular formula is C15H20N4O. The topological polar surface area (TPSA) is 52.0 Å². The van der Waals surface area contributed by atoms with Crippen LogP contribution in [0.1, 0.15) is 43.6 Å². The van der Waals surface area contributed by atoms with Crippen molar-refractivity contribution < 1.29 is 4.74 Å². The number of hydrogen-bond donors (Lipinski definition) is 1. The number of benzene rings is 1. The third-order valence-corrected chi connectivity index (χ3v) is 3.66. The second kappa shape index (κ2) is 5.15. The minimum absolute atomic E-state index is 0.247. The van der Waals surface area contributed by atoms with Gasteiger partial charge in [0.05, 0.1) is 13.2 Å². The minimum Gasteiger partial charge on any atom is -0.497 e. The lowest BCUT2D eigenvalue weighted by atomic mass is 10.0. The van der Waals surface area contributed by atoms with E-state index in [-0.39, 0.29) is 6.04 Å². The normalized spacial score (nSPS) is 17.7. The van der Waals surface area contributed by atoms with Crippen molar-refractivity contribution in [3.63, 3.8) is 0 Å². The summed E-state index contributed by atoms with van der Waals surface area (Å²) in [6.07, 6.45) is 1.01. The highest BCUT2D eigenvalue weighted by molar-refractivity contribution is 5.35. The van der Waals surface area contributed by atoms with Crippen molar-refractivity contribution in [2.24, 2.45) is 0 Å². The summed E-state index contributed by atoms with van der Waals surface area (Å²) >= 11 is 0. The maximum atomic E-state index is 5.21. The highest BCUT2D eigenvalue weighted by atomic mass is 16.5. The molecule has 1 aliphatic heterocycles. The molecule has 1 unspecified atom stereocenters. The number of nitrogens with zero attached hydrogens (tertiary/aromatic N) is 3. The van der Waals surface area contributed by atoms with Gasteiger partial charge in [-0.25, -0.2) is 4.68 Å². The van der Waals surface area contributed by atoms with E-state index in [2.05, 4.69) is 41.4 Å². The number of ether oxygens (including phenoxy) is 1. The Morgan fingerprint density at radius 3 is 2.70 bits per heavy atom. The third-order valence-electron chi connectivity index (χ3n) is 3.66. The van der Waals surface area contributed by atoms with Gasteiger partial charge in [-0.3, -0.25) is 0 Å². The molecule has 0 amide bonds. The SMILES string of the molecule is COc1ccc(C2CCNc3nc(C(C)C)nn32)cc1. The van der Waals surface area contributed by atoms with Crippen molar-refractivity contribution in [1.29, 1.82) is 0 Å². The van der Waals surface area contributed by atoms with Gasteiger partial charge in [-0.15, -0.1) is 0 Å². The van der Waals surface area contributed by atoms with Crippen molar-refractivity contribution >= 4 is 5.95 Å². The van der Waals surface area contributed by atoms with E-state index in [4.69, 9.17) is 4.74 Å². The van der Waals surface area contributed by atoms with Crippen molar-refractivity contribution in [2.75, 3.05) is 19.0 Å². The fourth-order valence-electron chi connectivity index (χ4n) is 2.50. The lowest BCUT2D eigenvalue weighted by Gasteiger charge is -2.24. The summed E-state index contributed by atoms with van der Waals surface area (Å²) in [6, 6.07) is 8.46. The van der Waals surface area contributed by atoms with Crippen LogP contribution in [0.5, 0.6) is 5.75 Å². The third kappa shape index (κ3) is 2.24. The Morgan fingerprint density at radius 2 is 2.05 bits per heavy atom. The van der Waals surface area contributed by atoms with E-state index in [1.54, 1.807) is 7.11 Å². The number of methoxy groups -OCH3 is 1. The minimum atomic E-state index is 0.247. The van der Waals surface area contributed by atoms with E-state index in [0.717, 1.165) is 30.5 Å². The largest absolute Gasteiger partial charge is 0.497 e. The quantitative estimate of drug-likeness (QED) is 0.933. The molecule has 5 nitrogen and oxygen atoms in total. The van der Waals surface area contributed by atoms with Crippen LogP contribution >= 0.6 is 0 Å². The Balaban J connectivity index is 1.95. The Morgan fingerprint density at radius 1 is 1.30 bits per heavy atom. The lowest BCUT2D eigenvalue weighted by Crippen LogP contribution is -2.24. The first-order valence-corrected chi connectivity index (χ1v) is 7.03. The molecule has 1 N–H and O–H groups in total. The summed E-state index contributed by atoms with van der Waals surface area (Å²) in [6.45, 7) is 5.15. The van der Waals surface area contributed by atoms with Crippen LogP contribution in [-0.2, 0) is 0 Å². The van der Waals surface area contributed by atoms with Crippen LogP contribution in [0.25, 0.3) is 0 Å². The van der Waals surface area contributed by atoms with Crippen LogP contribution in [-0.4, -0.2) is 28.4 Å². The predicted octanol–water partition coefficient (Wildman–Crippen LogP) is 2.82. The Labute approximate surface area is 119 Å². The van der Waals surface area contributed by atoms with Gasteiger partial charge in [0.15, 0.2) is 5.82 Å². The molecule has 3 rings (SSSR count). The second-order valence-electron chi connectivity index (χ2n) is 5.40. The maximum absolute atomic E-state index is 5.21.